The van der Waals surface area contributed by atoms with Crippen molar-refractivity contribution in [2.24, 2.45) is 0 Å². The minimum absolute atomic E-state index is 0.0225. The number of nitrogens with one attached hydrogen (secondary N) is 2. The Morgan fingerprint density at radius 3 is 2.22 bits per heavy atom. The van der Waals surface area contributed by atoms with Gasteiger partial charge in [-0.15, -0.1) is 0 Å². The van der Waals surface area contributed by atoms with Gasteiger partial charge in [0.2, 0.25) is 5.95 Å². The second kappa shape index (κ2) is 16.0. The van der Waals surface area contributed by atoms with Crippen LogP contribution in [0.4, 0.5) is 36.3 Å². The fourth-order valence-corrected chi connectivity index (χ4v) is 7.64. The number of methoxy groups -OCH3 is 2. The molecule has 0 radical (unpaired) electrons. The molecule has 49 heavy (non-hydrogen) atoms. The highest BCUT2D eigenvalue weighted by atomic mass is 31.2. The molecule has 12 nitrogen and oxygen atoms in total. The SMILES string of the molecule is COCCOP(=O)(Cc1ccc(Nc2ncc(C(F)(F)F)c(Nc3ccc(C4CCC(O)CC4)c4c3C(=O)N(C)C4)n2)cc1)OCCOC. The summed E-state index contributed by atoms with van der Waals surface area (Å²) >= 11 is 0. The van der Waals surface area contributed by atoms with Gasteiger partial charge in [-0.2, -0.15) is 18.2 Å². The number of hydrogen-bond donors (Lipinski definition) is 3. The fraction of sp³-hybridized carbons (Fsp3) is 0.485. The number of aromatic nitrogens is 2. The van der Waals surface area contributed by atoms with Gasteiger partial charge in [0.15, 0.2) is 0 Å². The van der Waals surface area contributed by atoms with Gasteiger partial charge in [-0.1, -0.05) is 18.2 Å². The van der Waals surface area contributed by atoms with Crippen LogP contribution in [0.15, 0.2) is 42.6 Å². The third-order valence-electron chi connectivity index (χ3n) is 8.53. The normalized spacial score (nSPS) is 18.1. The van der Waals surface area contributed by atoms with Gasteiger partial charge in [0.05, 0.1) is 49.9 Å². The predicted octanol–water partition coefficient (Wildman–Crippen LogP) is 6.61. The van der Waals surface area contributed by atoms with Gasteiger partial charge in [0, 0.05) is 39.7 Å². The van der Waals surface area contributed by atoms with Crippen LogP contribution in [0.5, 0.6) is 0 Å². The summed E-state index contributed by atoms with van der Waals surface area (Å²) in [6, 6.07) is 10.1. The topological polar surface area (TPSA) is 144 Å². The molecule has 1 aliphatic carbocycles. The maximum absolute atomic E-state index is 14.1. The van der Waals surface area contributed by atoms with Gasteiger partial charge in [-0.05, 0) is 66.5 Å². The number of aliphatic hydroxyl groups is 1. The van der Waals surface area contributed by atoms with E-state index in [-0.39, 0.29) is 62.2 Å². The number of alkyl halides is 3. The van der Waals surface area contributed by atoms with E-state index in [0.717, 1.165) is 24.0 Å². The number of aliphatic hydroxyl groups excluding tert-OH is 1. The van der Waals surface area contributed by atoms with E-state index in [0.29, 0.717) is 42.4 Å². The van der Waals surface area contributed by atoms with E-state index in [9.17, 15) is 27.6 Å². The summed E-state index contributed by atoms with van der Waals surface area (Å²) in [7, 11) is 1.12. The maximum atomic E-state index is 14.1. The van der Waals surface area contributed by atoms with Crippen molar-refractivity contribution in [2.45, 2.75) is 56.6 Å². The van der Waals surface area contributed by atoms with Crippen molar-refractivity contribution in [3.8, 4) is 0 Å². The van der Waals surface area contributed by atoms with E-state index in [1.54, 1.807) is 37.4 Å². The predicted molar refractivity (Wildman–Crippen MR) is 176 cm³/mol. The number of ether oxygens (including phenoxy) is 2. The molecule has 0 spiro atoms. The van der Waals surface area contributed by atoms with Crippen LogP contribution in [0.25, 0.3) is 0 Å². The number of fused-ring (bicyclic) bond motifs is 1. The molecule has 1 fully saturated rings. The molecule has 2 aliphatic rings. The highest BCUT2D eigenvalue weighted by Crippen LogP contribution is 2.51. The van der Waals surface area contributed by atoms with Crippen LogP contribution < -0.4 is 10.6 Å². The summed E-state index contributed by atoms with van der Waals surface area (Å²) in [6.07, 6.45) is -1.61. The van der Waals surface area contributed by atoms with Crippen LogP contribution in [-0.4, -0.2) is 79.7 Å². The Labute approximate surface area is 282 Å². The number of nitrogens with zero attached hydrogens (tertiary/aromatic N) is 3. The number of benzene rings is 2. The lowest BCUT2D eigenvalue weighted by atomic mass is 9.80. The molecule has 2 heterocycles. The summed E-state index contributed by atoms with van der Waals surface area (Å²) in [6.45, 7) is 0.956. The molecule has 2 aromatic carbocycles. The molecule has 3 N–H and O–H groups in total. The van der Waals surface area contributed by atoms with Gasteiger partial charge in [0.1, 0.15) is 11.4 Å². The molecule has 1 amide bonds. The van der Waals surface area contributed by atoms with E-state index in [1.807, 2.05) is 6.07 Å². The molecule has 16 heteroatoms. The van der Waals surface area contributed by atoms with Crippen LogP contribution in [-0.2, 0) is 42.0 Å². The van der Waals surface area contributed by atoms with Crippen LogP contribution in [0, 0.1) is 0 Å². The lowest BCUT2D eigenvalue weighted by Gasteiger charge is -2.27. The summed E-state index contributed by atoms with van der Waals surface area (Å²) in [5.41, 5.74) is 2.29. The molecule has 3 aromatic rings. The molecule has 1 saturated carbocycles. The van der Waals surface area contributed by atoms with E-state index in [1.165, 1.54) is 19.1 Å². The Balaban J connectivity index is 1.37. The van der Waals surface area contributed by atoms with Crippen molar-refractivity contribution < 1.29 is 46.2 Å². The molecule has 0 atom stereocenters. The Hall–Kier alpha value is -3.59. The molecule has 0 unspecified atom stereocenters. The van der Waals surface area contributed by atoms with Crippen LogP contribution >= 0.6 is 7.60 Å². The zero-order valence-corrected chi connectivity index (χ0v) is 28.5. The van der Waals surface area contributed by atoms with Crippen LogP contribution in [0.2, 0.25) is 0 Å². The summed E-state index contributed by atoms with van der Waals surface area (Å²) in [5, 5.41) is 15.7. The average molecular weight is 708 g/mol. The highest BCUT2D eigenvalue weighted by molar-refractivity contribution is 7.53. The minimum atomic E-state index is -4.78. The van der Waals surface area contributed by atoms with E-state index in [4.69, 9.17) is 18.5 Å². The summed E-state index contributed by atoms with van der Waals surface area (Å²) in [5.74, 6) is -0.774. The number of hydrogen-bond acceptors (Lipinski definition) is 11. The molecule has 1 aliphatic heterocycles. The average Bonchev–Trinajstić information content (AvgIpc) is 3.36. The zero-order valence-electron chi connectivity index (χ0n) is 27.6. The molecular weight excluding hydrogens is 666 g/mol. The lowest BCUT2D eigenvalue weighted by molar-refractivity contribution is -0.137. The second-order valence-electron chi connectivity index (χ2n) is 12.0. The Morgan fingerprint density at radius 2 is 1.61 bits per heavy atom. The Bertz CT molecular complexity index is 1640. The number of amides is 1. The van der Waals surface area contributed by atoms with Gasteiger partial charge < -0.3 is 39.2 Å². The zero-order chi connectivity index (χ0) is 35.2. The van der Waals surface area contributed by atoms with Crippen molar-refractivity contribution >= 4 is 36.6 Å². The molecule has 0 saturated heterocycles. The van der Waals surface area contributed by atoms with Gasteiger partial charge >= 0.3 is 13.8 Å². The second-order valence-corrected chi connectivity index (χ2v) is 14.1. The van der Waals surface area contributed by atoms with Crippen molar-refractivity contribution in [1.82, 2.24) is 14.9 Å². The first kappa shape index (κ1) is 36.7. The summed E-state index contributed by atoms with van der Waals surface area (Å²) in [4.78, 5) is 22.9. The first-order valence-electron chi connectivity index (χ1n) is 15.9. The minimum Gasteiger partial charge on any atom is -0.393 e. The Morgan fingerprint density at radius 1 is 0.959 bits per heavy atom. The largest absolute Gasteiger partial charge is 0.421 e. The Kier molecular flexibility index (Phi) is 11.9. The number of carbonyl (C=O) groups is 1. The van der Waals surface area contributed by atoms with E-state index in [2.05, 4.69) is 20.6 Å². The van der Waals surface area contributed by atoms with Gasteiger partial charge in [-0.25, -0.2) is 4.98 Å². The van der Waals surface area contributed by atoms with Crippen molar-refractivity contribution in [2.75, 3.05) is 58.3 Å². The standard InChI is InChI=1S/C33H41F3N5O7P/c1-41-19-26-25(22-6-10-24(42)11-7-22)12-13-28(29(26)31(41)43)39-30-27(33(34,35)36)18-37-32(40-30)38-23-8-4-21(5-9-23)20-49(44,47-16-14-45-2)48-17-15-46-3/h4-5,8-9,12-13,18,22,24,42H,6-7,10-11,14-17,19-20H2,1-3H3,(H2,37,38,39,40). The molecule has 1 aromatic heterocycles. The number of rotatable bonds is 15. The molecule has 0 bridgehead atoms. The van der Waals surface area contributed by atoms with Crippen LogP contribution in [0.1, 0.15) is 64.2 Å². The molecule has 266 valence electrons. The lowest BCUT2D eigenvalue weighted by Crippen LogP contribution is -2.18. The van der Waals surface area contributed by atoms with E-state index >= 15 is 0 Å². The van der Waals surface area contributed by atoms with Crippen molar-refractivity contribution in [1.29, 1.82) is 0 Å². The number of carbonyl (C=O) groups excluding carboxylic acids is 1. The number of anilines is 4. The monoisotopic (exact) mass is 707 g/mol. The smallest absolute Gasteiger partial charge is 0.393 e. The fourth-order valence-electron chi connectivity index (χ4n) is 6.02. The molecule has 5 rings (SSSR count). The third kappa shape index (κ3) is 9.15. The maximum Gasteiger partial charge on any atom is 0.421 e. The molecular formula is C33H41F3N5O7P. The van der Waals surface area contributed by atoms with Crippen molar-refractivity contribution in [3.05, 3.63) is 70.4 Å². The van der Waals surface area contributed by atoms with Crippen LogP contribution in [0.3, 0.4) is 0 Å². The van der Waals surface area contributed by atoms with Gasteiger partial charge in [-0.3, -0.25) is 9.36 Å². The first-order valence-corrected chi connectivity index (χ1v) is 17.7. The first-order chi connectivity index (χ1) is 23.4. The van der Waals surface area contributed by atoms with E-state index < -0.39 is 25.2 Å². The highest BCUT2D eigenvalue weighted by Gasteiger charge is 2.37. The van der Waals surface area contributed by atoms with Crippen molar-refractivity contribution in [3.63, 3.8) is 0 Å². The quantitative estimate of drug-likeness (QED) is 0.116. The van der Waals surface area contributed by atoms with Gasteiger partial charge in [0.25, 0.3) is 5.91 Å². The summed E-state index contributed by atoms with van der Waals surface area (Å²) < 4.78 is 76.7. The number of halogens is 3. The third-order valence-corrected chi connectivity index (χ3v) is 10.4.